The Bertz CT molecular complexity index is 1310. The van der Waals surface area contributed by atoms with Crippen LogP contribution in [0.15, 0.2) is 84.0 Å². The number of aromatic nitrogens is 3. The molecule has 1 aliphatic rings. The van der Waals surface area contributed by atoms with E-state index in [9.17, 15) is 4.79 Å². The Balaban J connectivity index is 1.41. The molecule has 35 heavy (non-hydrogen) atoms. The standard InChI is InChI=1S/C26H25N5O3S/c1-17-11-13-18(14-12-17)23-24(25(32)27-19-7-6-10-21(15-19)33-2)35-26-29-28-22(31(26)30-23)16-34-20-8-4-3-5-9-20/h3-15,23-24,30H,16H2,1-2H3,(H,27,32). The van der Waals surface area contributed by atoms with Gasteiger partial charge in [0.25, 0.3) is 0 Å². The van der Waals surface area contributed by atoms with Gasteiger partial charge in [0.05, 0.1) is 13.2 Å². The number of aryl methyl sites for hydroxylation is 1. The van der Waals surface area contributed by atoms with Crippen molar-refractivity contribution >= 4 is 23.4 Å². The maximum atomic E-state index is 13.5. The highest BCUT2D eigenvalue weighted by molar-refractivity contribution is 8.00. The number of carbonyl (C=O) groups excluding carboxylic acids is 1. The first-order valence-corrected chi connectivity index (χ1v) is 12.1. The van der Waals surface area contributed by atoms with Crippen molar-refractivity contribution in [1.82, 2.24) is 14.9 Å². The average Bonchev–Trinajstić information content (AvgIpc) is 3.30. The average molecular weight is 488 g/mol. The maximum Gasteiger partial charge on any atom is 0.240 e. The Morgan fingerprint density at radius 1 is 1.03 bits per heavy atom. The van der Waals surface area contributed by atoms with Crippen LogP contribution < -0.4 is 20.2 Å². The number of anilines is 1. The number of para-hydroxylation sites is 1. The summed E-state index contributed by atoms with van der Waals surface area (Å²) < 4.78 is 13.0. The third-order valence-electron chi connectivity index (χ3n) is 5.65. The molecule has 0 spiro atoms. The van der Waals surface area contributed by atoms with Gasteiger partial charge < -0.3 is 20.2 Å². The van der Waals surface area contributed by atoms with Crippen LogP contribution in [0.3, 0.4) is 0 Å². The summed E-state index contributed by atoms with van der Waals surface area (Å²) in [4.78, 5) is 13.5. The minimum atomic E-state index is -0.483. The summed E-state index contributed by atoms with van der Waals surface area (Å²) in [6, 6.07) is 24.7. The number of rotatable bonds is 7. The van der Waals surface area contributed by atoms with Gasteiger partial charge >= 0.3 is 0 Å². The predicted octanol–water partition coefficient (Wildman–Crippen LogP) is 4.57. The first-order valence-electron chi connectivity index (χ1n) is 11.2. The largest absolute Gasteiger partial charge is 0.497 e. The molecule has 9 heteroatoms. The lowest BCUT2D eigenvalue weighted by atomic mass is 10.0. The predicted molar refractivity (Wildman–Crippen MR) is 135 cm³/mol. The molecule has 178 valence electrons. The fourth-order valence-electron chi connectivity index (χ4n) is 3.79. The van der Waals surface area contributed by atoms with Crippen molar-refractivity contribution in [3.8, 4) is 11.5 Å². The smallest absolute Gasteiger partial charge is 0.240 e. The zero-order chi connectivity index (χ0) is 24.2. The van der Waals surface area contributed by atoms with Crippen molar-refractivity contribution in [1.29, 1.82) is 0 Å². The van der Waals surface area contributed by atoms with Gasteiger partial charge in [0.15, 0.2) is 5.82 Å². The molecule has 1 aliphatic heterocycles. The van der Waals surface area contributed by atoms with Crippen LogP contribution in [0.1, 0.15) is 23.0 Å². The van der Waals surface area contributed by atoms with E-state index in [1.54, 1.807) is 13.2 Å². The molecule has 0 radical (unpaired) electrons. The molecule has 1 amide bonds. The molecule has 0 aliphatic carbocycles. The molecule has 2 unspecified atom stereocenters. The Labute approximate surface area is 207 Å². The number of nitrogens with zero attached hydrogens (tertiary/aromatic N) is 3. The van der Waals surface area contributed by atoms with Gasteiger partial charge in [0.2, 0.25) is 11.1 Å². The number of nitrogens with one attached hydrogen (secondary N) is 2. The number of ether oxygens (including phenoxy) is 2. The van der Waals surface area contributed by atoms with Crippen molar-refractivity contribution in [3.63, 3.8) is 0 Å². The van der Waals surface area contributed by atoms with Crippen molar-refractivity contribution in [2.45, 2.75) is 30.0 Å². The molecule has 0 bridgehead atoms. The minimum absolute atomic E-state index is 0.141. The number of thioether (sulfide) groups is 1. The second-order valence-electron chi connectivity index (χ2n) is 8.11. The molecule has 1 aromatic heterocycles. The number of carbonyl (C=O) groups is 1. The van der Waals surface area contributed by atoms with Gasteiger partial charge in [0, 0.05) is 11.8 Å². The summed E-state index contributed by atoms with van der Waals surface area (Å²) in [6.07, 6.45) is 0. The lowest BCUT2D eigenvalue weighted by Crippen LogP contribution is -2.41. The minimum Gasteiger partial charge on any atom is -0.497 e. The van der Waals surface area contributed by atoms with Crippen molar-refractivity contribution < 1.29 is 14.3 Å². The topological polar surface area (TPSA) is 90.3 Å². The Kier molecular flexibility index (Phi) is 6.58. The third kappa shape index (κ3) is 5.09. The highest BCUT2D eigenvalue weighted by atomic mass is 32.2. The Morgan fingerprint density at radius 2 is 1.80 bits per heavy atom. The fraction of sp³-hybridized carbons (Fsp3) is 0.192. The molecule has 2 N–H and O–H groups in total. The molecule has 0 fully saturated rings. The van der Waals surface area contributed by atoms with Crippen LogP contribution in [0, 0.1) is 6.92 Å². The third-order valence-corrected chi connectivity index (χ3v) is 6.86. The molecule has 2 atom stereocenters. The molecular formula is C26H25N5O3S. The molecule has 4 aromatic rings. The van der Waals surface area contributed by atoms with Crippen LogP contribution in [-0.2, 0) is 11.4 Å². The number of methoxy groups -OCH3 is 1. The van der Waals surface area contributed by atoms with E-state index in [0.29, 0.717) is 22.4 Å². The number of benzene rings is 3. The lowest BCUT2D eigenvalue weighted by Gasteiger charge is -2.33. The first kappa shape index (κ1) is 22.8. The second-order valence-corrected chi connectivity index (χ2v) is 9.22. The zero-order valence-electron chi connectivity index (χ0n) is 19.3. The van der Waals surface area contributed by atoms with E-state index in [1.165, 1.54) is 11.8 Å². The summed E-state index contributed by atoms with van der Waals surface area (Å²) in [5, 5.41) is 11.8. The maximum absolute atomic E-state index is 13.5. The van der Waals surface area contributed by atoms with Crippen molar-refractivity contribution in [3.05, 3.63) is 95.8 Å². The highest BCUT2D eigenvalue weighted by Crippen LogP contribution is 2.38. The molecule has 0 saturated heterocycles. The Hall–Kier alpha value is -3.98. The summed E-state index contributed by atoms with van der Waals surface area (Å²) >= 11 is 1.37. The van der Waals surface area contributed by atoms with Gasteiger partial charge in [-0.2, -0.15) is 0 Å². The van der Waals surface area contributed by atoms with Gasteiger partial charge in [-0.05, 0) is 36.8 Å². The second kappa shape index (κ2) is 10.1. The van der Waals surface area contributed by atoms with Gasteiger partial charge in [-0.25, -0.2) is 4.68 Å². The molecule has 2 heterocycles. The van der Waals surface area contributed by atoms with Crippen LogP contribution in [-0.4, -0.2) is 33.1 Å². The Morgan fingerprint density at radius 3 is 2.57 bits per heavy atom. The number of fused-ring (bicyclic) bond motifs is 1. The summed E-state index contributed by atoms with van der Waals surface area (Å²) in [7, 11) is 1.60. The molecule has 5 rings (SSSR count). The number of hydrogen-bond donors (Lipinski definition) is 2. The number of hydrogen-bond acceptors (Lipinski definition) is 7. The zero-order valence-corrected chi connectivity index (χ0v) is 20.2. The van der Waals surface area contributed by atoms with E-state index < -0.39 is 5.25 Å². The van der Waals surface area contributed by atoms with Crippen LogP contribution in [0.25, 0.3) is 0 Å². The molecule has 8 nitrogen and oxygen atoms in total. The summed E-state index contributed by atoms with van der Waals surface area (Å²) in [5.41, 5.74) is 6.27. The van der Waals surface area contributed by atoms with Crippen molar-refractivity contribution in [2.75, 3.05) is 17.9 Å². The van der Waals surface area contributed by atoms with E-state index in [0.717, 1.165) is 16.9 Å². The quantitative estimate of drug-likeness (QED) is 0.395. The van der Waals surface area contributed by atoms with Crippen LogP contribution in [0.5, 0.6) is 11.5 Å². The van der Waals surface area contributed by atoms with E-state index in [-0.39, 0.29) is 18.6 Å². The van der Waals surface area contributed by atoms with Gasteiger partial charge in [0.1, 0.15) is 23.4 Å². The van der Waals surface area contributed by atoms with E-state index in [1.807, 2.05) is 84.4 Å². The SMILES string of the molecule is COc1cccc(NC(=O)C2Sc3nnc(COc4ccccc4)n3NC2c2ccc(C)cc2)c1. The summed E-state index contributed by atoms with van der Waals surface area (Å²) in [5.74, 6) is 1.91. The van der Waals surface area contributed by atoms with E-state index >= 15 is 0 Å². The van der Waals surface area contributed by atoms with Crippen molar-refractivity contribution in [2.24, 2.45) is 0 Å². The van der Waals surface area contributed by atoms with E-state index in [4.69, 9.17) is 9.47 Å². The van der Waals surface area contributed by atoms with Crippen LogP contribution in [0.2, 0.25) is 0 Å². The molecular weight excluding hydrogens is 462 g/mol. The fourth-order valence-corrected chi connectivity index (χ4v) is 4.89. The normalized spacial score (nSPS) is 16.6. The van der Waals surface area contributed by atoms with Gasteiger partial charge in [-0.15, -0.1) is 10.2 Å². The first-order chi connectivity index (χ1) is 17.1. The lowest BCUT2D eigenvalue weighted by molar-refractivity contribution is -0.116. The molecule has 3 aromatic carbocycles. The summed E-state index contributed by atoms with van der Waals surface area (Å²) in [6.45, 7) is 2.28. The highest BCUT2D eigenvalue weighted by Gasteiger charge is 2.38. The van der Waals surface area contributed by atoms with E-state index in [2.05, 4.69) is 20.9 Å². The van der Waals surface area contributed by atoms with Gasteiger partial charge in [-0.1, -0.05) is 65.9 Å². The van der Waals surface area contributed by atoms with Crippen LogP contribution >= 0.6 is 11.8 Å². The number of amides is 1. The molecule has 0 saturated carbocycles. The monoisotopic (exact) mass is 487 g/mol. The van der Waals surface area contributed by atoms with Crippen LogP contribution in [0.4, 0.5) is 5.69 Å². The van der Waals surface area contributed by atoms with Gasteiger partial charge in [-0.3, -0.25) is 4.79 Å².